The highest BCUT2D eigenvalue weighted by Crippen LogP contribution is 2.22. The summed E-state index contributed by atoms with van der Waals surface area (Å²) in [5, 5.41) is 6.67. The molecule has 1 unspecified atom stereocenters. The second kappa shape index (κ2) is 7.78. The molecule has 3 heterocycles. The molecule has 1 fully saturated rings. The van der Waals surface area contributed by atoms with Gasteiger partial charge in [0.15, 0.2) is 0 Å². The predicted molar refractivity (Wildman–Crippen MR) is 103 cm³/mol. The third-order valence-electron chi connectivity index (χ3n) is 5.33. The molecule has 3 aromatic rings. The lowest BCUT2D eigenvalue weighted by molar-refractivity contribution is 0.0665. The molecule has 1 aromatic carbocycles. The van der Waals surface area contributed by atoms with Crippen LogP contribution in [0.25, 0.3) is 0 Å². The van der Waals surface area contributed by atoms with Crippen molar-refractivity contribution in [3.63, 3.8) is 0 Å². The smallest absolute Gasteiger partial charge is 0.271 e. The zero-order chi connectivity index (χ0) is 18.6. The lowest BCUT2D eigenvalue weighted by Crippen LogP contribution is -2.41. The summed E-state index contributed by atoms with van der Waals surface area (Å²) in [4.78, 5) is 19.2. The van der Waals surface area contributed by atoms with E-state index in [1.165, 1.54) is 11.3 Å². The first-order chi connectivity index (χ1) is 13.2. The van der Waals surface area contributed by atoms with Gasteiger partial charge in [0.1, 0.15) is 11.5 Å². The molecule has 1 amide bonds. The van der Waals surface area contributed by atoms with Crippen LogP contribution in [-0.4, -0.2) is 43.6 Å². The van der Waals surface area contributed by atoms with Crippen molar-refractivity contribution in [2.24, 2.45) is 5.92 Å². The van der Waals surface area contributed by atoms with Crippen molar-refractivity contribution in [1.82, 2.24) is 24.6 Å². The lowest BCUT2D eigenvalue weighted by atomic mass is 9.94. The standard InChI is InChI=1S/C21H25N5O/c1-16-13-22-20(26(16)15-17-6-3-2-4-7-17)12-18-8-5-11-25(14-18)21(27)19-9-10-23-24-19/h2-4,6-7,9-10,13,18H,5,8,11-12,14-15H2,1H3,(H,23,24). The van der Waals surface area contributed by atoms with Crippen LogP contribution in [0.15, 0.2) is 48.8 Å². The zero-order valence-electron chi connectivity index (χ0n) is 15.6. The number of aromatic nitrogens is 4. The number of hydrogen-bond acceptors (Lipinski definition) is 3. The number of likely N-dealkylation sites (tertiary alicyclic amines) is 1. The van der Waals surface area contributed by atoms with Crippen LogP contribution >= 0.6 is 0 Å². The molecule has 1 atom stereocenters. The van der Waals surface area contributed by atoms with Gasteiger partial charge in [-0.15, -0.1) is 0 Å². The zero-order valence-corrected chi connectivity index (χ0v) is 15.6. The number of aromatic amines is 1. The lowest BCUT2D eigenvalue weighted by Gasteiger charge is -2.32. The molecule has 0 aliphatic carbocycles. The molecule has 0 spiro atoms. The number of H-pyrrole nitrogens is 1. The van der Waals surface area contributed by atoms with Crippen molar-refractivity contribution in [2.45, 2.75) is 32.7 Å². The number of rotatable bonds is 5. The van der Waals surface area contributed by atoms with E-state index in [-0.39, 0.29) is 5.91 Å². The molecule has 2 aromatic heterocycles. The highest BCUT2D eigenvalue weighted by Gasteiger charge is 2.26. The van der Waals surface area contributed by atoms with E-state index >= 15 is 0 Å². The van der Waals surface area contributed by atoms with Crippen LogP contribution in [0.2, 0.25) is 0 Å². The van der Waals surface area contributed by atoms with Crippen LogP contribution in [0.5, 0.6) is 0 Å². The monoisotopic (exact) mass is 363 g/mol. The number of imidazole rings is 1. The molecule has 4 rings (SSSR count). The van der Waals surface area contributed by atoms with Crippen LogP contribution in [-0.2, 0) is 13.0 Å². The van der Waals surface area contributed by atoms with Gasteiger partial charge in [-0.05, 0) is 37.3 Å². The normalized spacial score (nSPS) is 17.2. The number of aryl methyl sites for hydroxylation is 1. The number of piperidine rings is 1. The Morgan fingerprint density at radius 3 is 2.89 bits per heavy atom. The van der Waals surface area contributed by atoms with Crippen molar-refractivity contribution >= 4 is 5.91 Å². The van der Waals surface area contributed by atoms with Crippen LogP contribution in [0, 0.1) is 12.8 Å². The average molecular weight is 363 g/mol. The Morgan fingerprint density at radius 1 is 1.26 bits per heavy atom. The van der Waals surface area contributed by atoms with Crippen LogP contribution in [0.1, 0.15) is 40.4 Å². The largest absolute Gasteiger partial charge is 0.337 e. The Bertz CT molecular complexity index is 885. The minimum Gasteiger partial charge on any atom is -0.337 e. The predicted octanol–water partition coefficient (Wildman–Crippen LogP) is 3.06. The molecule has 0 radical (unpaired) electrons. The van der Waals surface area contributed by atoms with Crippen molar-refractivity contribution in [3.8, 4) is 0 Å². The maximum Gasteiger partial charge on any atom is 0.271 e. The van der Waals surface area contributed by atoms with Crippen molar-refractivity contribution in [1.29, 1.82) is 0 Å². The SMILES string of the molecule is Cc1cnc(CC2CCCN(C(=O)c3ccn[nH]3)C2)n1Cc1ccccc1. The van der Waals surface area contributed by atoms with Crippen LogP contribution in [0.3, 0.4) is 0 Å². The van der Waals surface area contributed by atoms with Gasteiger partial charge in [0.2, 0.25) is 0 Å². The average Bonchev–Trinajstić information content (AvgIpc) is 3.35. The maximum absolute atomic E-state index is 12.6. The molecular formula is C21H25N5O. The molecule has 1 N–H and O–H groups in total. The molecule has 1 saturated heterocycles. The topological polar surface area (TPSA) is 66.8 Å². The Balaban J connectivity index is 1.45. The van der Waals surface area contributed by atoms with E-state index in [1.54, 1.807) is 12.3 Å². The number of nitrogens with zero attached hydrogens (tertiary/aromatic N) is 4. The van der Waals surface area contributed by atoms with E-state index in [9.17, 15) is 4.79 Å². The highest BCUT2D eigenvalue weighted by molar-refractivity contribution is 5.92. The van der Waals surface area contributed by atoms with Gasteiger partial charge in [0, 0.05) is 44.1 Å². The summed E-state index contributed by atoms with van der Waals surface area (Å²) in [6, 6.07) is 12.2. The summed E-state index contributed by atoms with van der Waals surface area (Å²) in [5.74, 6) is 1.58. The molecule has 27 heavy (non-hydrogen) atoms. The first-order valence-corrected chi connectivity index (χ1v) is 9.54. The molecule has 140 valence electrons. The van der Waals surface area contributed by atoms with Gasteiger partial charge in [-0.2, -0.15) is 5.10 Å². The minimum absolute atomic E-state index is 0.0426. The fourth-order valence-corrected chi connectivity index (χ4v) is 3.88. The molecule has 1 aliphatic rings. The first kappa shape index (κ1) is 17.5. The van der Waals surface area contributed by atoms with Gasteiger partial charge < -0.3 is 9.47 Å². The molecule has 6 nitrogen and oxygen atoms in total. The Hall–Kier alpha value is -2.89. The summed E-state index contributed by atoms with van der Waals surface area (Å²) >= 11 is 0. The number of amides is 1. The van der Waals surface area contributed by atoms with Gasteiger partial charge in [-0.1, -0.05) is 30.3 Å². The summed E-state index contributed by atoms with van der Waals surface area (Å²) < 4.78 is 2.30. The fourth-order valence-electron chi connectivity index (χ4n) is 3.88. The summed E-state index contributed by atoms with van der Waals surface area (Å²) in [5.41, 5.74) is 3.02. The fraction of sp³-hybridized carbons (Fsp3) is 0.381. The van der Waals surface area contributed by atoms with E-state index in [0.717, 1.165) is 44.7 Å². The Morgan fingerprint density at radius 2 is 2.11 bits per heavy atom. The van der Waals surface area contributed by atoms with E-state index in [1.807, 2.05) is 17.2 Å². The van der Waals surface area contributed by atoms with Crippen molar-refractivity contribution in [3.05, 3.63) is 71.6 Å². The van der Waals surface area contributed by atoms with Gasteiger partial charge >= 0.3 is 0 Å². The first-order valence-electron chi connectivity index (χ1n) is 9.54. The summed E-state index contributed by atoms with van der Waals surface area (Å²) in [7, 11) is 0. The van der Waals surface area contributed by atoms with E-state index in [2.05, 4.69) is 50.9 Å². The third-order valence-corrected chi connectivity index (χ3v) is 5.33. The van der Waals surface area contributed by atoms with Gasteiger partial charge in [0.05, 0.1) is 0 Å². The number of carbonyl (C=O) groups is 1. The molecule has 0 saturated carbocycles. The summed E-state index contributed by atoms with van der Waals surface area (Å²) in [6.45, 7) is 4.53. The third kappa shape index (κ3) is 3.94. The second-order valence-electron chi connectivity index (χ2n) is 7.32. The highest BCUT2D eigenvalue weighted by atomic mass is 16.2. The Labute approximate surface area is 159 Å². The van der Waals surface area contributed by atoms with Crippen molar-refractivity contribution < 1.29 is 4.79 Å². The second-order valence-corrected chi connectivity index (χ2v) is 7.32. The summed E-state index contributed by atoms with van der Waals surface area (Å²) in [6.07, 6.45) is 6.63. The quantitative estimate of drug-likeness (QED) is 0.758. The van der Waals surface area contributed by atoms with E-state index in [4.69, 9.17) is 0 Å². The van der Waals surface area contributed by atoms with Gasteiger partial charge in [-0.3, -0.25) is 9.89 Å². The number of benzene rings is 1. The number of carbonyl (C=O) groups excluding carboxylic acids is 1. The van der Waals surface area contributed by atoms with Gasteiger partial charge in [0.25, 0.3) is 5.91 Å². The molecular weight excluding hydrogens is 338 g/mol. The number of hydrogen-bond donors (Lipinski definition) is 1. The van der Waals surface area contributed by atoms with Crippen LogP contribution in [0.4, 0.5) is 0 Å². The van der Waals surface area contributed by atoms with E-state index in [0.29, 0.717) is 11.6 Å². The van der Waals surface area contributed by atoms with Gasteiger partial charge in [-0.25, -0.2) is 4.98 Å². The maximum atomic E-state index is 12.6. The molecule has 1 aliphatic heterocycles. The van der Waals surface area contributed by atoms with E-state index < -0.39 is 0 Å². The molecule has 0 bridgehead atoms. The Kier molecular flexibility index (Phi) is 5.05. The van der Waals surface area contributed by atoms with Crippen molar-refractivity contribution in [2.75, 3.05) is 13.1 Å². The molecule has 6 heteroatoms. The van der Waals surface area contributed by atoms with Crippen LogP contribution < -0.4 is 0 Å². The number of nitrogens with one attached hydrogen (secondary N) is 1. The minimum atomic E-state index is 0.0426.